The lowest BCUT2D eigenvalue weighted by Gasteiger charge is -2.13. The van der Waals surface area contributed by atoms with E-state index in [1.807, 2.05) is 0 Å². The van der Waals surface area contributed by atoms with Gasteiger partial charge in [0.1, 0.15) is 11.6 Å². The Morgan fingerprint density at radius 2 is 1.73 bits per heavy atom. The van der Waals surface area contributed by atoms with Crippen molar-refractivity contribution in [2.24, 2.45) is 0 Å². The first-order valence-corrected chi connectivity index (χ1v) is 6.74. The van der Waals surface area contributed by atoms with Gasteiger partial charge < -0.3 is 15.7 Å². The normalized spacial score (nSPS) is 11.8. The van der Waals surface area contributed by atoms with Gasteiger partial charge in [0.15, 0.2) is 0 Å². The van der Waals surface area contributed by atoms with Crippen LogP contribution in [0.5, 0.6) is 0 Å². The first-order chi connectivity index (χ1) is 10.5. The largest absolute Gasteiger partial charge is 0.387 e. The number of amides is 2. The molecule has 0 spiro atoms. The smallest absolute Gasteiger partial charge is 0.315 e. The van der Waals surface area contributed by atoms with Gasteiger partial charge in [-0.05, 0) is 35.4 Å². The van der Waals surface area contributed by atoms with Crippen molar-refractivity contribution in [3.05, 3.63) is 71.3 Å². The van der Waals surface area contributed by atoms with E-state index in [2.05, 4.69) is 10.6 Å². The molecule has 0 aliphatic heterocycles. The van der Waals surface area contributed by atoms with Crippen LogP contribution in [-0.2, 0) is 6.54 Å². The van der Waals surface area contributed by atoms with Crippen molar-refractivity contribution in [3.8, 4) is 0 Å². The van der Waals surface area contributed by atoms with E-state index in [0.29, 0.717) is 11.1 Å². The highest BCUT2D eigenvalue weighted by Gasteiger charge is 2.10. The van der Waals surface area contributed by atoms with Gasteiger partial charge in [0.25, 0.3) is 0 Å². The molecule has 0 saturated heterocycles. The van der Waals surface area contributed by atoms with Gasteiger partial charge in [0.05, 0.1) is 6.10 Å². The summed E-state index contributed by atoms with van der Waals surface area (Å²) in [7, 11) is 0. The van der Waals surface area contributed by atoms with Gasteiger partial charge in [-0.25, -0.2) is 13.6 Å². The molecular weight excluding hydrogens is 290 g/mol. The lowest BCUT2D eigenvalue weighted by Crippen LogP contribution is -2.37. The van der Waals surface area contributed by atoms with Crippen LogP contribution < -0.4 is 10.6 Å². The molecule has 0 aliphatic carbocycles. The number of aliphatic hydroxyl groups excluding tert-OH is 1. The van der Waals surface area contributed by atoms with Crippen LogP contribution in [0.25, 0.3) is 0 Å². The van der Waals surface area contributed by atoms with Crippen molar-refractivity contribution in [3.63, 3.8) is 0 Å². The second kappa shape index (κ2) is 7.51. The fourth-order valence-electron chi connectivity index (χ4n) is 1.91. The number of carbonyl (C=O) groups is 1. The summed E-state index contributed by atoms with van der Waals surface area (Å²) in [5.41, 5.74) is 1.01. The van der Waals surface area contributed by atoms with Crippen molar-refractivity contribution < 1.29 is 18.7 Å². The number of rotatable bonds is 5. The summed E-state index contributed by atoms with van der Waals surface area (Å²) in [5.74, 6) is -0.826. The number of benzene rings is 2. The number of hydrogen-bond acceptors (Lipinski definition) is 2. The molecule has 0 heterocycles. The van der Waals surface area contributed by atoms with Crippen LogP contribution >= 0.6 is 0 Å². The number of halogens is 2. The summed E-state index contributed by atoms with van der Waals surface area (Å²) < 4.78 is 26.0. The lowest BCUT2D eigenvalue weighted by atomic mass is 10.1. The van der Waals surface area contributed by atoms with Gasteiger partial charge in [-0.2, -0.15) is 0 Å². The van der Waals surface area contributed by atoms with Crippen LogP contribution in [0.4, 0.5) is 13.6 Å². The van der Waals surface area contributed by atoms with E-state index in [4.69, 9.17) is 0 Å². The van der Waals surface area contributed by atoms with E-state index < -0.39 is 18.0 Å². The highest BCUT2D eigenvalue weighted by atomic mass is 19.1. The van der Waals surface area contributed by atoms with Gasteiger partial charge >= 0.3 is 6.03 Å². The van der Waals surface area contributed by atoms with Crippen molar-refractivity contribution in [2.75, 3.05) is 6.54 Å². The second-order valence-electron chi connectivity index (χ2n) is 4.76. The highest BCUT2D eigenvalue weighted by Crippen LogP contribution is 2.12. The van der Waals surface area contributed by atoms with Gasteiger partial charge in [-0.15, -0.1) is 0 Å². The molecule has 1 atom stereocenters. The molecule has 2 amide bonds. The Balaban J connectivity index is 1.78. The maximum atomic E-state index is 13.0. The molecule has 22 heavy (non-hydrogen) atoms. The third-order valence-corrected chi connectivity index (χ3v) is 3.03. The number of carbonyl (C=O) groups excluding carboxylic acids is 1. The third kappa shape index (κ3) is 4.82. The van der Waals surface area contributed by atoms with E-state index in [1.165, 1.54) is 30.3 Å². The molecule has 4 nitrogen and oxygen atoms in total. The predicted octanol–water partition coefficient (Wildman–Crippen LogP) is 2.50. The topological polar surface area (TPSA) is 61.4 Å². The SMILES string of the molecule is O=C(NCc1cccc(F)c1)NC[C@H](O)c1cccc(F)c1. The minimum atomic E-state index is -1.00. The summed E-state index contributed by atoms with van der Waals surface area (Å²) in [6.07, 6.45) is -1.00. The quantitative estimate of drug-likeness (QED) is 0.795. The maximum Gasteiger partial charge on any atom is 0.315 e. The number of urea groups is 1. The van der Waals surface area contributed by atoms with E-state index in [1.54, 1.807) is 18.2 Å². The molecule has 0 bridgehead atoms. The maximum absolute atomic E-state index is 13.0. The fraction of sp³-hybridized carbons (Fsp3) is 0.188. The zero-order chi connectivity index (χ0) is 15.9. The Kier molecular flexibility index (Phi) is 5.43. The van der Waals surface area contributed by atoms with Crippen LogP contribution in [0.2, 0.25) is 0 Å². The molecule has 0 unspecified atom stereocenters. The minimum absolute atomic E-state index is 0.0571. The first-order valence-electron chi connectivity index (χ1n) is 6.74. The molecule has 3 N–H and O–H groups in total. The summed E-state index contributed by atoms with van der Waals surface area (Å²) in [6, 6.07) is 10.9. The van der Waals surface area contributed by atoms with Gasteiger partial charge in [0, 0.05) is 13.1 Å². The summed E-state index contributed by atoms with van der Waals surface area (Å²) in [6.45, 7) is 0.109. The van der Waals surface area contributed by atoms with Crippen LogP contribution in [-0.4, -0.2) is 17.7 Å². The monoisotopic (exact) mass is 306 g/mol. The Morgan fingerprint density at radius 3 is 2.41 bits per heavy atom. The van der Waals surface area contributed by atoms with E-state index >= 15 is 0 Å². The summed E-state index contributed by atoms with van der Waals surface area (Å²) >= 11 is 0. The Labute approximate surface area is 126 Å². The number of hydrogen-bond donors (Lipinski definition) is 3. The minimum Gasteiger partial charge on any atom is -0.387 e. The predicted molar refractivity (Wildman–Crippen MR) is 78.0 cm³/mol. The molecule has 116 valence electrons. The van der Waals surface area contributed by atoms with Crippen molar-refractivity contribution >= 4 is 6.03 Å². The van der Waals surface area contributed by atoms with Gasteiger partial charge in [-0.1, -0.05) is 24.3 Å². The lowest BCUT2D eigenvalue weighted by molar-refractivity contribution is 0.172. The van der Waals surface area contributed by atoms with Crippen LogP contribution in [0, 0.1) is 11.6 Å². The number of nitrogens with one attached hydrogen (secondary N) is 2. The molecule has 0 saturated carbocycles. The molecule has 2 rings (SSSR count). The second-order valence-corrected chi connectivity index (χ2v) is 4.76. The van der Waals surface area contributed by atoms with E-state index in [-0.39, 0.29) is 18.9 Å². The standard InChI is InChI=1S/C16H16F2N2O2/c17-13-5-1-3-11(7-13)9-19-16(22)20-10-15(21)12-4-2-6-14(18)8-12/h1-8,15,21H,9-10H2,(H2,19,20,22)/t15-/m0/s1. The zero-order valence-electron chi connectivity index (χ0n) is 11.7. The Bertz CT molecular complexity index is 650. The molecule has 2 aromatic rings. The Morgan fingerprint density at radius 1 is 1.05 bits per heavy atom. The zero-order valence-corrected chi connectivity index (χ0v) is 11.7. The highest BCUT2D eigenvalue weighted by molar-refractivity contribution is 5.73. The van der Waals surface area contributed by atoms with Crippen molar-refractivity contribution in [1.82, 2.24) is 10.6 Å². The van der Waals surface area contributed by atoms with Crippen LogP contribution in [0.3, 0.4) is 0 Å². The van der Waals surface area contributed by atoms with E-state index in [0.717, 1.165) is 0 Å². The molecule has 0 radical (unpaired) electrons. The van der Waals surface area contributed by atoms with Gasteiger partial charge in [-0.3, -0.25) is 0 Å². The van der Waals surface area contributed by atoms with Crippen LogP contribution in [0.15, 0.2) is 48.5 Å². The van der Waals surface area contributed by atoms with E-state index in [9.17, 15) is 18.7 Å². The van der Waals surface area contributed by atoms with Crippen molar-refractivity contribution in [1.29, 1.82) is 0 Å². The molecule has 0 aliphatic rings. The number of aliphatic hydroxyl groups is 1. The van der Waals surface area contributed by atoms with Crippen LogP contribution in [0.1, 0.15) is 17.2 Å². The van der Waals surface area contributed by atoms with Crippen molar-refractivity contribution in [2.45, 2.75) is 12.6 Å². The Hall–Kier alpha value is -2.47. The molecule has 0 aromatic heterocycles. The average Bonchev–Trinajstić information content (AvgIpc) is 2.50. The van der Waals surface area contributed by atoms with Gasteiger partial charge in [0.2, 0.25) is 0 Å². The molecule has 0 fully saturated rings. The molecule has 2 aromatic carbocycles. The molecular formula is C16H16F2N2O2. The fourth-order valence-corrected chi connectivity index (χ4v) is 1.91. The summed E-state index contributed by atoms with van der Waals surface area (Å²) in [4.78, 5) is 11.6. The third-order valence-electron chi connectivity index (χ3n) is 3.03. The average molecular weight is 306 g/mol. The summed E-state index contributed by atoms with van der Waals surface area (Å²) in [5, 5.41) is 14.9. The first kappa shape index (κ1) is 15.9. The molecule has 6 heteroatoms.